The Kier molecular flexibility index (Phi) is 5.79. The molecule has 1 saturated heterocycles. The molecule has 32 heavy (non-hydrogen) atoms. The molecule has 0 spiro atoms. The Hall–Kier alpha value is -3.17. The number of aliphatic hydroxyl groups excluding tert-OH is 1. The van der Waals surface area contributed by atoms with Crippen molar-refractivity contribution in [3.63, 3.8) is 0 Å². The molecule has 1 fully saturated rings. The van der Waals surface area contributed by atoms with Crippen LogP contribution in [0.5, 0.6) is 0 Å². The van der Waals surface area contributed by atoms with Crippen LogP contribution in [-0.2, 0) is 0 Å². The zero-order chi connectivity index (χ0) is 23.0. The first-order valence-corrected chi connectivity index (χ1v) is 10.3. The normalized spacial score (nSPS) is 15.8. The van der Waals surface area contributed by atoms with Gasteiger partial charge in [0, 0.05) is 24.7 Å². The molecule has 2 aromatic heterocycles. The maximum Gasteiger partial charge on any atom is 0.172 e. The first-order valence-electron chi connectivity index (χ1n) is 10.3. The molecule has 1 atom stereocenters. The average Bonchev–Trinajstić information content (AvgIpc) is 2.74. The molecule has 3 heterocycles. The molecular weight excluding hydrogens is 416 g/mol. The minimum atomic E-state index is -1.35. The van der Waals surface area contributed by atoms with E-state index in [0.717, 1.165) is 11.6 Å². The molecule has 1 aliphatic rings. The van der Waals surface area contributed by atoms with Crippen molar-refractivity contribution in [1.29, 1.82) is 0 Å². The third-order valence-electron chi connectivity index (χ3n) is 5.56. The van der Waals surface area contributed by atoms with E-state index in [2.05, 4.69) is 15.0 Å². The van der Waals surface area contributed by atoms with Gasteiger partial charge in [-0.25, -0.2) is 18.7 Å². The van der Waals surface area contributed by atoms with Gasteiger partial charge in [-0.05, 0) is 44.9 Å². The topological polar surface area (TPSA) is 108 Å². The quantitative estimate of drug-likeness (QED) is 0.570. The van der Waals surface area contributed by atoms with Crippen molar-refractivity contribution in [2.24, 2.45) is 0 Å². The molecule has 0 amide bonds. The largest absolute Gasteiger partial charge is 0.387 e. The fourth-order valence-corrected chi connectivity index (χ4v) is 3.71. The number of anilines is 2. The molecular formula is C23H25F2N5O2. The summed E-state index contributed by atoms with van der Waals surface area (Å²) in [5.74, 6) is -0.376. The van der Waals surface area contributed by atoms with Crippen LogP contribution in [0.2, 0.25) is 0 Å². The molecule has 1 unspecified atom stereocenters. The van der Waals surface area contributed by atoms with E-state index >= 15 is 0 Å². The number of halogens is 2. The SMILES string of the molecule is CC(C)(O)C(O)c1cc2nc(N)c(N3CCC(=Cc4ccc(F)cc4F)CC3)nc2cn1. The standard InChI is InChI=1S/C23H25F2N5O2/c1-23(2,32)20(31)18-11-17-19(12-27-18)29-22(21(26)28-17)30-7-5-13(6-8-30)9-14-3-4-15(24)10-16(14)25/h3-4,9-12,20,31-32H,5-8H2,1-2H3,(H2,26,28). The Bertz CT molecular complexity index is 1180. The van der Waals surface area contributed by atoms with Crippen molar-refractivity contribution in [2.75, 3.05) is 23.7 Å². The molecule has 1 aromatic carbocycles. The smallest absolute Gasteiger partial charge is 0.172 e. The lowest BCUT2D eigenvalue weighted by Gasteiger charge is -2.30. The lowest BCUT2D eigenvalue weighted by atomic mass is 9.98. The summed E-state index contributed by atoms with van der Waals surface area (Å²) in [5, 5.41) is 20.3. The van der Waals surface area contributed by atoms with E-state index in [1.54, 1.807) is 12.1 Å². The molecule has 9 heteroatoms. The number of nitrogen functional groups attached to an aromatic ring is 1. The van der Waals surface area contributed by atoms with E-state index in [-0.39, 0.29) is 11.5 Å². The summed E-state index contributed by atoms with van der Waals surface area (Å²) in [4.78, 5) is 15.3. The van der Waals surface area contributed by atoms with Gasteiger partial charge in [0.1, 0.15) is 23.3 Å². The number of pyridine rings is 1. The first-order chi connectivity index (χ1) is 15.1. The Labute approximate surface area is 184 Å². The van der Waals surface area contributed by atoms with Crippen molar-refractivity contribution in [3.05, 3.63) is 58.9 Å². The van der Waals surface area contributed by atoms with Gasteiger partial charge in [-0.3, -0.25) is 4.98 Å². The molecule has 4 N–H and O–H groups in total. The molecule has 1 aliphatic heterocycles. The van der Waals surface area contributed by atoms with Crippen LogP contribution >= 0.6 is 0 Å². The number of aromatic nitrogens is 3. The minimum Gasteiger partial charge on any atom is -0.387 e. The van der Waals surface area contributed by atoms with Crippen LogP contribution in [-0.4, -0.2) is 43.9 Å². The highest BCUT2D eigenvalue weighted by molar-refractivity contribution is 5.79. The van der Waals surface area contributed by atoms with Gasteiger partial charge in [0.15, 0.2) is 11.6 Å². The van der Waals surface area contributed by atoms with Crippen LogP contribution in [0, 0.1) is 11.6 Å². The summed E-state index contributed by atoms with van der Waals surface area (Å²) in [6, 6.07) is 5.13. The lowest BCUT2D eigenvalue weighted by Crippen LogP contribution is -2.32. The number of fused-ring (bicyclic) bond motifs is 1. The van der Waals surface area contributed by atoms with Gasteiger partial charge in [-0.15, -0.1) is 0 Å². The summed E-state index contributed by atoms with van der Waals surface area (Å²) in [7, 11) is 0. The molecule has 4 rings (SSSR count). The van der Waals surface area contributed by atoms with Crippen LogP contribution in [0.3, 0.4) is 0 Å². The van der Waals surface area contributed by atoms with Crippen LogP contribution in [0.1, 0.15) is 44.1 Å². The van der Waals surface area contributed by atoms with Gasteiger partial charge < -0.3 is 20.8 Å². The zero-order valence-corrected chi connectivity index (χ0v) is 17.9. The number of hydrogen-bond donors (Lipinski definition) is 3. The Morgan fingerprint density at radius 1 is 1.12 bits per heavy atom. The predicted molar refractivity (Wildman–Crippen MR) is 119 cm³/mol. The van der Waals surface area contributed by atoms with Crippen molar-refractivity contribution < 1.29 is 19.0 Å². The van der Waals surface area contributed by atoms with Gasteiger partial charge in [0.25, 0.3) is 0 Å². The highest BCUT2D eigenvalue weighted by Gasteiger charge is 2.28. The maximum absolute atomic E-state index is 13.9. The van der Waals surface area contributed by atoms with Crippen LogP contribution < -0.4 is 10.6 Å². The highest BCUT2D eigenvalue weighted by atomic mass is 19.1. The number of rotatable bonds is 4. The van der Waals surface area contributed by atoms with Gasteiger partial charge in [-0.2, -0.15) is 0 Å². The molecule has 0 radical (unpaired) electrons. The van der Waals surface area contributed by atoms with E-state index in [4.69, 9.17) is 5.73 Å². The first kappa shape index (κ1) is 22.0. The third kappa shape index (κ3) is 4.53. The molecule has 0 aliphatic carbocycles. The van der Waals surface area contributed by atoms with E-state index < -0.39 is 23.3 Å². The molecule has 0 saturated carbocycles. The van der Waals surface area contributed by atoms with Crippen molar-refractivity contribution in [2.45, 2.75) is 38.4 Å². The number of aliphatic hydroxyl groups is 2. The summed E-state index contributed by atoms with van der Waals surface area (Å²) in [5.41, 5.74) is 7.54. The van der Waals surface area contributed by atoms with Crippen LogP contribution in [0.25, 0.3) is 17.1 Å². The zero-order valence-electron chi connectivity index (χ0n) is 17.9. The maximum atomic E-state index is 13.9. The van der Waals surface area contributed by atoms with Crippen LogP contribution in [0.15, 0.2) is 36.0 Å². The minimum absolute atomic E-state index is 0.254. The third-order valence-corrected chi connectivity index (χ3v) is 5.56. The van der Waals surface area contributed by atoms with E-state index in [0.29, 0.717) is 48.3 Å². The number of nitrogens with zero attached hydrogens (tertiary/aromatic N) is 4. The Morgan fingerprint density at radius 2 is 1.84 bits per heavy atom. The van der Waals surface area contributed by atoms with Gasteiger partial charge >= 0.3 is 0 Å². The summed E-state index contributed by atoms with van der Waals surface area (Å²) in [6.45, 7) is 4.25. The lowest BCUT2D eigenvalue weighted by molar-refractivity contribution is -0.0516. The summed E-state index contributed by atoms with van der Waals surface area (Å²) >= 11 is 0. The van der Waals surface area contributed by atoms with E-state index in [1.807, 2.05) is 4.90 Å². The Morgan fingerprint density at radius 3 is 2.50 bits per heavy atom. The highest BCUT2D eigenvalue weighted by Crippen LogP contribution is 2.30. The van der Waals surface area contributed by atoms with E-state index in [9.17, 15) is 19.0 Å². The predicted octanol–water partition coefficient (Wildman–Crippen LogP) is 3.37. The van der Waals surface area contributed by atoms with Gasteiger partial charge in [0.2, 0.25) is 0 Å². The van der Waals surface area contributed by atoms with Crippen LogP contribution in [0.4, 0.5) is 20.4 Å². The van der Waals surface area contributed by atoms with Gasteiger partial charge in [-0.1, -0.05) is 11.6 Å². The number of hydrogen-bond acceptors (Lipinski definition) is 7. The van der Waals surface area contributed by atoms with Crippen molar-refractivity contribution in [3.8, 4) is 0 Å². The van der Waals surface area contributed by atoms with Crippen molar-refractivity contribution in [1.82, 2.24) is 15.0 Å². The average molecular weight is 441 g/mol. The second-order valence-corrected chi connectivity index (χ2v) is 8.54. The molecule has 168 valence electrons. The molecule has 3 aromatic rings. The molecule has 7 nitrogen and oxygen atoms in total. The fraction of sp³-hybridized carbons (Fsp3) is 0.348. The second-order valence-electron chi connectivity index (χ2n) is 8.54. The number of nitrogens with two attached hydrogens (primary N) is 1. The summed E-state index contributed by atoms with van der Waals surface area (Å²) in [6.07, 6.45) is 3.46. The van der Waals surface area contributed by atoms with Crippen molar-refractivity contribution >= 4 is 28.7 Å². The second kappa shape index (κ2) is 8.40. The number of piperidine rings is 1. The number of benzene rings is 1. The Balaban J connectivity index is 1.53. The molecule has 0 bridgehead atoms. The summed E-state index contributed by atoms with van der Waals surface area (Å²) < 4.78 is 27.0. The van der Waals surface area contributed by atoms with E-state index in [1.165, 1.54) is 32.2 Å². The monoisotopic (exact) mass is 441 g/mol. The fourth-order valence-electron chi connectivity index (χ4n) is 3.71. The van der Waals surface area contributed by atoms with Gasteiger partial charge in [0.05, 0.1) is 23.0 Å².